The van der Waals surface area contributed by atoms with Crippen LogP contribution in [0.3, 0.4) is 0 Å². The van der Waals surface area contributed by atoms with Crippen molar-refractivity contribution in [3.63, 3.8) is 0 Å². The summed E-state index contributed by atoms with van der Waals surface area (Å²) in [5, 5.41) is 0. The van der Waals surface area contributed by atoms with E-state index in [1.54, 1.807) is 23.9 Å². The SMILES string of the molecule is CSC1=CCC2C3CCC4=CC(=O)C=C[C@]4(C)[C@@]3(F)[C@@H](OC(C)=O)CC12C. The van der Waals surface area contributed by atoms with Crippen LogP contribution >= 0.6 is 11.8 Å². The van der Waals surface area contributed by atoms with Gasteiger partial charge >= 0.3 is 5.97 Å². The molecule has 4 aliphatic rings. The van der Waals surface area contributed by atoms with Crippen molar-refractivity contribution < 1.29 is 18.7 Å². The number of ether oxygens (including phenoxy) is 1. The van der Waals surface area contributed by atoms with Gasteiger partial charge in [0.2, 0.25) is 0 Å². The molecule has 0 aromatic heterocycles. The fraction of sp³-hybridized carbons (Fsp3) is 0.636. The van der Waals surface area contributed by atoms with Crippen LogP contribution in [0.4, 0.5) is 4.39 Å². The summed E-state index contributed by atoms with van der Waals surface area (Å²) < 4.78 is 22.9. The molecule has 0 radical (unpaired) electrons. The van der Waals surface area contributed by atoms with Crippen LogP contribution in [-0.2, 0) is 14.3 Å². The van der Waals surface area contributed by atoms with E-state index < -0.39 is 23.2 Å². The van der Waals surface area contributed by atoms with E-state index in [2.05, 4.69) is 19.3 Å². The first kappa shape index (κ1) is 19.0. The van der Waals surface area contributed by atoms with Crippen molar-refractivity contribution >= 4 is 23.5 Å². The first-order valence-corrected chi connectivity index (χ1v) is 10.9. The molecule has 2 fully saturated rings. The van der Waals surface area contributed by atoms with Gasteiger partial charge in [0.25, 0.3) is 0 Å². The number of ketones is 1. The maximum Gasteiger partial charge on any atom is 0.303 e. The van der Waals surface area contributed by atoms with Crippen LogP contribution in [0.2, 0.25) is 0 Å². The lowest BCUT2D eigenvalue weighted by Gasteiger charge is -2.62. The van der Waals surface area contributed by atoms with Gasteiger partial charge in [-0.05, 0) is 61.8 Å². The third kappa shape index (κ3) is 2.39. The summed E-state index contributed by atoms with van der Waals surface area (Å²) >= 11 is 1.73. The molecule has 0 saturated heterocycles. The normalized spacial score (nSPS) is 45.4. The van der Waals surface area contributed by atoms with E-state index in [1.165, 1.54) is 17.9 Å². The summed E-state index contributed by atoms with van der Waals surface area (Å²) in [6, 6.07) is 0. The van der Waals surface area contributed by atoms with E-state index >= 15 is 4.39 Å². The number of esters is 1. The fourth-order valence-corrected chi connectivity index (χ4v) is 7.32. The number of halogens is 1. The Morgan fingerprint density at radius 2 is 2.07 bits per heavy atom. The second-order valence-corrected chi connectivity index (χ2v) is 9.70. The van der Waals surface area contributed by atoms with Gasteiger partial charge in [-0.2, -0.15) is 0 Å². The fourth-order valence-electron chi connectivity index (χ4n) is 6.35. The van der Waals surface area contributed by atoms with Crippen LogP contribution in [0.25, 0.3) is 0 Å². The number of fused-ring (bicyclic) bond motifs is 5. The second kappa shape index (κ2) is 6.07. The highest BCUT2D eigenvalue weighted by molar-refractivity contribution is 8.02. The van der Waals surface area contributed by atoms with Crippen LogP contribution in [-0.4, -0.2) is 29.8 Å². The molecule has 3 nitrogen and oxygen atoms in total. The molecule has 0 heterocycles. The summed E-state index contributed by atoms with van der Waals surface area (Å²) in [6.45, 7) is 5.44. The van der Waals surface area contributed by atoms with E-state index in [0.29, 0.717) is 12.8 Å². The molecule has 6 atom stereocenters. The first-order valence-electron chi connectivity index (χ1n) is 9.72. The molecule has 146 valence electrons. The zero-order valence-electron chi connectivity index (χ0n) is 16.4. The van der Waals surface area contributed by atoms with E-state index in [-0.39, 0.29) is 23.0 Å². The Kier molecular flexibility index (Phi) is 4.26. The van der Waals surface area contributed by atoms with E-state index in [4.69, 9.17) is 4.74 Å². The van der Waals surface area contributed by atoms with Crippen molar-refractivity contribution in [1.29, 1.82) is 0 Å². The molecule has 4 aliphatic carbocycles. The number of hydrogen-bond donors (Lipinski definition) is 0. The zero-order valence-corrected chi connectivity index (χ0v) is 17.2. The number of allylic oxidation sites excluding steroid dienone is 6. The summed E-state index contributed by atoms with van der Waals surface area (Å²) in [6.07, 6.45) is 11.1. The summed E-state index contributed by atoms with van der Waals surface area (Å²) in [5.74, 6) is -0.537. The van der Waals surface area contributed by atoms with Crippen molar-refractivity contribution in [2.45, 2.75) is 58.2 Å². The first-order chi connectivity index (χ1) is 12.7. The monoisotopic (exact) mass is 390 g/mol. The lowest BCUT2D eigenvalue weighted by molar-refractivity contribution is -0.205. The van der Waals surface area contributed by atoms with Crippen LogP contribution in [0, 0.1) is 22.7 Å². The number of hydrogen-bond acceptors (Lipinski definition) is 4. The number of alkyl halides is 1. The van der Waals surface area contributed by atoms with Gasteiger partial charge in [-0.25, -0.2) is 4.39 Å². The maximum atomic E-state index is 17.2. The summed E-state index contributed by atoms with van der Waals surface area (Å²) in [5.41, 5.74) is -1.93. The highest BCUT2D eigenvalue weighted by Gasteiger charge is 2.70. The largest absolute Gasteiger partial charge is 0.459 e. The van der Waals surface area contributed by atoms with Gasteiger partial charge in [-0.1, -0.05) is 24.6 Å². The number of carbonyl (C=O) groups excluding carboxylic acids is 2. The van der Waals surface area contributed by atoms with Gasteiger partial charge in [-0.15, -0.1) is 11.8 Å². The van der Waals surface area contributed by atoms with Gasteiger partial charge < -0.3 is 4.74 Å². The predicted octanol–water partition coefficient (Wildman–Crippen LogP) is 4.78. The maximum absolute atomic E-state index is 17.2. The number of rotatable bonds is 2. The third-order valence-corrected chi connectivity index (χ3v) is 8.73. The van der Waals surface area contributed by atoms with Gasteiger partial charge in [-0.3, -0.25) is 9.59 Å². The molecule has 0 spiro atoms. The Bertz CT molecular complexity index is 799. The number of carbonyl (C=O) groups is 2. The topological polar surface area (TPSA) is 43.4 Å². The van der Waals surface area contributed by atoms with Crippen molar-refractivity contribution in [2.24, 2.45) is 22.7 Å². The van der Waals surface area contributed by atoms with Gasteiger partial charge in [0, 0.05) is 23.7 Å². The Balaban J connectivity index is 1.85. The Morgan fingerprint density at radius 3 is 2.74 bits per heavy atom. The van der Waals surface area contributed by atoms with Crippen LogP contribution in [0.1, 0.15) is 46.5 Å². The standard InChI is InChI=1S/C22H27FO3S/c1-13(24)26-18-12-20(2)16(7-8-19(20)27-4)17-6-5-14-11-15(25)9-10-21(14,3)22(17,18)23/h8-11,16-18H,5-7,12H2,1-4H3/t16?,17?,18-,20?,21-,22-/m0/s1. The molecular weight excluding hydrogens is 363 g/mol. The number of thioether (sulfide) groups is 1. The van der Waals surface area contributed by atoms with Crippen LogP contribution in [0.5, 0.6) is 0 Å². The molecule has 0 aromatic rings. The zero-order chi connectivity index (χ0) is 19.6. The van der Waals surface area contributed by atoms with Gasteiger partial charge in [0.05, 0.1) is 0 Å². The molecule has 5 heteroatoms. The average molecular weight is 391 g/mol. The molecule has 0 aliphatic heterocycles. The minimum atomic E-state index is -1.70. The summed E-state index contributed by atoms with van der Waals surface area (Å²) in [4.78, 5) is 25.1. The quantitative estimate of drug-likeness (QED) is 0.636. The van der Waals surface area contributed by atoms with Gasteiger partial charge in [0.15, 0.2) is 11.5 Å². The molecule has 0 amide bonds. The Morgan fingerprint density at radius 1 is 1.33 bits per heavy atom. The molecule has 4 rings (SSSR count). The van der Waals surface area contributed by atoms with E-state index in [9.17, 15) is 9.59 Å². The lowest BCUT2D eigenvalue weighted by Crippen LogP contribution is -2.67. The molecule has 0 aromatic carbocycles. The van der Waals surface area contributed by atoms with Crippen molar-refractivity contribution in [3.8, 4) is 0 Å². The minimum absolute atomic E-state index is 0.0820. The Labute approximate surface area is 164 Å². The molecule has 3 unspecified atom stereocenters. The van der Waals surface area contributed by atoms with Crippen molar-refractivity contribution in [3.05, 3.63) is 34.8 Å². The van der Waals surface area contributed by atoms with Crippen molar-refractivity contribution in [2.75, 3.05) is 6.26 Å². The van der Waals surface area contributed by atoms with Gasteiger partial charge in [0.1, 0.15) is 6.10 Å². The molecular formula is C22H27FO3S. The van der Waals surface area contributed by atoms with E-state index in [0.717, 1.165) is 18.4 Å². The smallest absolute Gasteiger partial charge is 0.303 e. The molecule has 27 heavy (non-hydrogen) atoms. The lowest BCUT2D eigenvalue weighted by atomic mass is 9.46. The Hall–Kier alpha value is -1.36. The van der Waals surface area contributed by atoms with Crippen LogP contribution in [0.15, 0.2) is 34.8 Å². The van der Waals surface area contributed by atoms with Crippen molar-refractivity contribution in [1.82, 2.24) is 0 Å². The minimum Gasteiger partial charge on any atom is -0.459 e. The average Bonchev–Trinajstić information content (AvgIpc) is 2.92. The second-order valence-electron chi connectivity index (χ2n) is 8.86. The third-order valence-electron chi connectivity index (χ3n) is 7.66. The summed E-state index contributed by atoms with van der Waals surface area (Å²) in [7, 11) is 0. The highest BCUT2D eigenvalue weighted by Crippen LogP contribution is 2.69. The predicted molar refractivity (Wildman–Crippen MR) is 105 cm³/mol. The van der Waals surface area contributed by atoms with E-state index in [1.807, 2.05) is 6.92 Å². The molecule has 2 saturated carbocycles. The van der Waals surface area contributed by atoms with Crippen LogP contribution < -0.4 is 0 Å². The molecule has 0 bridgehead atoms. The highest BCUT2D eigenvalue weighted by atomic mass is 32.2. The molecule has 0 N–H and O–H groups in total.